The van der Waals surface area contributed by atoms with Crippen molar-refractivity contribution in [3.05, 3.63) is 101 Å². The van der Waals surface area contributed by atoms with E-state index < -0.39 is 17.9 Å². The summed E-state index contributed by atoms with van der Waals surface area (Å²) in [6.07, 6.45) is 2.70. The average molecular weight is 445 g/mol. The van der Waals surface area contributed by atoms with Crippen molar-refractivity contribution in [3.63, 3.8) is 0 Å². The summed E-state index contributed by atoms with van der Waals surface area (Å²) >= 11 is 0. The summed E-state index contributed by atoms with van der Waals surface area (Å²) in [5.74, 6) is -0.516. The summed E-state index contributed by atoms with van der Waals surface area (Å²) in [6, 6.07) is 19.2. The monoisotopic (exact) mass is 445 g/mol. The molecule has 0 aliphatic carbocycles. The number of anilines is 1. The van der Waals surface area contributed by atoms with Gasteiger partial charge in [-0.1, -0.05) is 54.6 Å². The summed E-state index contributed by atoms with van der Waals surface area (Å²) in [4.78, 5) is 23.2. The van der Waals surface area contributed by atoms with Gasteiger partial charge in [0, 0.05) is 18.4 Å². The first kappa shape index (κ1) is 21.0. The number of carbonyl (C=O) groups excluding carboxylic acids is 1. The molecule has 5 rings (SSSR count). The Morgan fingerprint density at radius 1 is 0.909 bits per heavy atom. The van der Waals surface area contributed by atoms with E-state index >= 15 is 0 Å². The van der Waals surface area contributed by atoms with Crippen molar-refractivity contribution in [1.29, 1.82) is 0 Å². The Morgan fingerprint density at radius 3 is 2.39 bits per heavy atom. The van der Waals surface area contributed by atoms with Crippen LogP contribution in [0.5, 0.6) is 0 Å². The van der Waals surface area contributed by atoms with Crippen LogP contribution in [0.25, 0.3) is 0 Å². The van der Waals surface area contributed by atoms with Gasteiger partial charge >= 0.3 is 0 Å². The second-order valence-electron chi connectivity index (χ2n) is 8.31. The Kier molecular flexibility index (Phi) is 5.46. The number of nitrogens with two attached hydrogens (primary N) is 1. The van der Waals surface area contributed by atoms with Crippen molar-refractivity contribution < 1.29 is 18.6 Å². The van der Waals surface area contributed by atoms with Crippen molar-refractivity contribution >= 4 is 23.6 Å². The molecule has 33 heavy (non-hydrogen) atoms. The van der Waals surface area contributed by atoms with Gasteiger partial charge in [0.25, 0.3) is 5.91 Å². The molecule has 2 heterocycles. The third kappa shape index (κ3) is 4.02. The molecule has 0 saturated heterocycles. The minimum atomic E-state index is -0.676. The number of fused-ring (bicyclic) bond motifs is 1. The van der Waals surface area contributed by atoms with Crippen molar-refractivity contribution in [1.82, 2.24) is 4.90 Å². The molecule has 5 nitrogen and oxygen atoms in total. The third-order valence-electron chi connectivity index (χ3n) is 6.10. The number of amidine groups is 1. The minimum Gasteiger partial charge on any atom is -0.396 e. The molecule has 0 spiro atoms. The standard InChI is InChI=1S/C26H22F2N4O/c27-18-11-9-17(10-12-18)14-22-26(33)32-23(19-7-4-8-20(29)24(19)28)15-30-21(25(32)31-22)13-16-5-2-1-3-6-16/h1-12,15,21-23H,13-14,29H2/p+1. The van der Waals surface area contributed by atoms with Gasteiger partial charge in [0.05, 0.1) is 5.69 Å². The lowest BCUT2D eigenvalue weighted by Crippen LogP contribution is -2.85. The van der Waals surface area contributed by atoms with Crippen LogP contribution in [0, 0.1) is 11.6 Å². The Balaban J connectivity index is 1.52. The quantitative estimate of drug-likeness (QED) is 0.591. The van der Waals surface area contributed by atoms with E-state index in [2.05, 4.69) is 4.99 Å². The van der Waals surface area contributed by atoms with Crippen molar-refractivity contribution in [3.8, 4) is 0 Å². The van der Waals surface area contributed by atoms with E-state index in [4.69, 9.17) is 10.7 Å². The van der Waals surface area contributed by atoms with Gasteiger partial charge in [-0.15, -0.1) is 0 Å². The van der Waals surface area contributed by atoms with Crippen LogP contribution in [-0.2, 0) is 17.6 Å². The van der Waals surface area contributed by atoms with Crippen LogP contribution < -0.4 is 10.7 Å². The van der Waals surface area contributed by atoms with Crippen molar-refractivity contribution in [2.45, 2.75) is 31.0 Å². The van der Waals surface area contributed by atoms with Crippen LogP contribution in [0.2, 0.25) is 0 Å². The first-order valence-corrected chi connectivity index (χ1v) is 10.8. The second kappa shape index (κ2) is 8.58. The Bertz CT molecular complexity index is 1240. The van der Waals surface area contributed by atoms with Gasteiger partial charge in [0.2, 0.25) is 6.04 Å². The molecule has 166 valence electrons. The number of nitrogens with zero attached hydrogens (tertiary/aromatic N) is 2. The highest BCUT2D eigenvalue weighted by molar-refractivity contribution is 6.10. The van der Waals surface area contributed by atoms with Crippen LogP contribution in [0.1, 0.15) is 22.7 Å². The third-order valence-corrected chi connectivity index (χ3v) is 6.10. The highest BCUT2D eigenvalue weighted by Gasteiger charge is 2.47. The summed E-state index contributed by atoms with van der Waals surface area (Å²) in [5, 5.41) is 0. The molecule has 1 amide bonds. The van der Waals surface area contributed by atoms with E-state index in [1.54, 1.807) is 35.4 Å². The highest BCUT2D eigenvalue weighted by atomic mass is 19.1. The van der Waals surface area contributed by atoms with Gasteiger partial charge in [-0.2, -0.15) is 0 Å². The molecule has 3 unspecified atom stereocenters. The number of carbonyl (C=O) groups is 1. The van der Waals surface area contributed by atoms with Crippen LogP contribution in [0.3, 0.4) is 0 Å². The molecule has 0 bridgehead atoms. The number of nitrogens with one attached hydrogen (secondary N) is 1. The first-order valence-electron chi connectivity index (χ1n) is 10.8. The Hall–Kier alpha value is -3.87. The fourth-order valence-corrected chi connectivity index (χ4v) is 4.45. The highest BCUT2D eigenvalue weighted by Crippen LogP contribution is 2.31. The number of amides is 1. The number of benzene rings is 3. The zero-order chi connectivity index (χ0) is 22.9. The van der Waals surface area contributed by atoms with Crippen LogP contribution in [-0.4, -0.2) is 34.9 Å². The van der Waals surface area contributed by atoms with Gasteiger partial charge in [0.15, 0.2) is 17.9 Å². The second-order valence-corrected chi connectivity index (χ2v) is 8.31. The maximum atomic E-state index is 14.9. The fourth-order valence-electron chi connectivity index (χ4n) is 4.45. The Labute approximate surface area is 190 Å². The van der Waals surface area contributed by atoms with E-state index in [1.165, 1.54) is 18.2 Å². The van der Waals surface area contributed by atoms with Gasteiger partial charge in [-0.3, -0.25) is 14.7 Å². The predicted octanol–water partition coefficient (Wildman–Crippen LogP) is 2.22. The summed E-state index contributed by atoms with van der Waals surface area (Å²) in [5.41, 5.74) is 8.03. The number of aliphatic imine (C=N–C) groups is 1. The molecule has 3 atom stereocenters. The van der Waals surface area contributed by atoms with Gasteiger partial charge < -0.3 is 5.73 Å². The van der Waals surface area contributed by atoms with Crippen molar-refractivity contribution in [2.75, 3.05) is 5.73 Å². The predicted molar refractivity (Wildman–Crippen MR) is 123 cm³/mol. The molecule has 0 saturated carbocycles. The van der Waals surface area contributed by atoms with E-state index in [-0.39, 0.29) is 23.5 Å². The number of hydrogen-bond acceptors (Lipinski definition) is 3. The van der Waals surface area contributed by atoms with E-state index in [1.807, 2.05) is 30.3 Å². The molecule has 0 radical (unpaired) electrons. The lowest BCUT2D eigenvalue weighted by molar-refractivity contribution is -0.483. The van der Waals surface area contributed by atoms with E-state index in [0.29, 0.717) is 24.2 Å². The Morgan fingerprint density at radius 2 is 1.64 bits per heavy atom. The maximum Gasteiger partial charge on any atom is 0.254 e. The lowest BCUT2D eigenvalue weighted by Gasteiger charge is -2.30. The van der Waals surface area contributed by atoms with Gasteiger partial charge in [0.1, 0.15) is 17.9 Å². The summed E-state index contributed by atoms with van der Waals surface area (Å²) in [7, 11) is 0. The molecule has 0 aromatic heterocycles. The molecule has 2 aliphatic rings. The molecule has 3 N–H and O–H groups in total. The number of nitrogen functional groups attached to an aromatic ring is 1. The SMILES string of the molecule is Nc1cccc(C2C=[NH+]C(Cc3ccccc3)C3=NC(Cc4ccc(F)cc4)C(=O)N32)c1F. The van der Waals surface area contributed by atoms with Crippen molar-refractivity contribution in [2.24, 2.45) is 4.99 Å². The summed E-state index contributed by atoms with van der Waals surface area (Å²) < 4.78 is 28.2. The van der Waals surface area contributed by atoms with E-state index in [9.17, 15) is 13.6 Å². The first-order chi connectivity index (χ1) is 16.0. The van der Waals surface area contributed by atoms with Gasteiger partial charge in [-0.05, 0) is 29.3 Å². The number of hydrogen-bond donors (Lipinski definition) is 2. The molecule has 7 heteroatoms. The molecular formula is C26H23F2N4O+. The normalized spacial score (nSPS) is 21.8. The molecule has 3 aromatic carbocycles. The van der Waals surface area contributed by atoms with Crippen LogP contribution in [0.15, 0.2) is 77.8 Å². The fraction of sp³-hybridized carbons (Fsp3) is 0.192. The maximum absolute atomic E-state index is 14.9. The smallest absolute Gasteiger partial charge is 0.254 e. The molecule has 2 aliphatic heterocycles. The zero-order valence-corrected chi connectivity index (χ0v) is 17.8. The molecule has 0 fully saturated rings. The molecular weight excluding hydrogens is 422 g/mol. The average Bonchev–Trinajstić information content (AvgIpc) is 3.15. The van der Waals surface area contributed by atoms with Gasteiger partial charge in [-0.25, -0.2) is 13.8 Å². The topological polar surface area (TPSA) is 72.7 Å². The minimum absolute atomic E-state index is 0.0281. The summed E-state index contributed by atoms with van der Waals surface area (Å²) in [6.45, 7) is 0. The van der Waals surface area contributed by atoms with Crippen LogP contribution >= 0.6 is 0 Å². The van der Waals surface area contributed by atoms with E-state index in [0.717, 1.165) is 11.1 Å². The van der Waals surface area contributed by atoms with Crippen LogP contribution in [0.4, 0.5) is 14.5 Å². The number of rotatable bonds is 5. The molecule has 3 aromatic rings. The lowest BCUT2D eigenvalue weighted by atomic mass is 9.98. The zero-order valence-electron chi connectivity index (χ0n) is 17.8. The number of halogens is 2. The largest absolute Gasteiger partial charge is 0.396 e.